The van der Waals surface area contributed by atoms with Crippen molar-refractivity contribution < 1.29 is 7.17 Å². The average Bonchev–Trinajstić information content (AvgIpc) is 1.88. The molecule has 0 saturated heterocycles. The molecule has 1 aliphatic rings. The fourth-order valence-electron chi connectivity index (χ4n) is 0.499. The van der Waals surface area contributed by atoms with E-state index in [1.807, 2.05) is 6.42 Å². The summed E-state index contributed by atoms with van der Waals surface area (Å²) in [6.07, 6.45) is 8.90. The van der Waals surface area contributed by atoms with Crippen LogP contribution in [0.4, 0.5) is 0 Å². The molecule has 0 amide bonds. The van der Waals surface area contributed by atoms with Gasteiger partial charge in [0.15, 0.2) is 0 Å². The van der Waals surface area contributed by atoms with Gasteiger partial charge in [0.25, 0.3) is 7.06 Å². The number of ketones is 1. The Balaban J connectivity index is 2.62. The van der Waals surface area contributed by atoms with Gasteiger partial charge in [-0.15, -0.1) is 0 Å². The fraction of sp³-hybridized carbons (Fsp3) is 0.143. The van der Waals surface area contributed by atoms with E-state index < -0.39 is 7.06 Å². The van der Waals surface area contributed by atoms with Gasteiger partial charge in [-0.1, -0.05) is 0 Å². The average molecular weight is 110 g/mol. The number of hydrogen-bond donors (Lipinski definition) is 0. The van der Waals surface area contributed by atoms with Gasteiger partial charge in [0.2, 0.25) is 0 Å². The first kappa shape index (κ1) is 3.13. The van der Waals surface area contributed by atoms with Gasteiger partial charge in [0, 0.05) is 6.42 Å². The minimum absolute atomic E-state index is 0.567. The third-order valence-corrected chi connectivity index (χ3v) is 0.879. The molecule has 0 heterocycles. The topological polar surface area (TPSA) is 11.3 Å². The third kappa shape index (κ3) is 0.997. The minimum atomic E-state index is -1.23. The summed E-state index contributed by atoms with van der Waals surface area (Å²) in [6, 6.07) is 0. The van der Waals surface area contributed by atoms with Gasteiger partial charge in [-0.25, -0.2) is 4.42 Å². The second-order valence-electron chi connectivity index (χ2n) is 1.43. The molecule has 1 heteroatoms. The van der Waals surface area contributed by atoms with Gasteiger partial charge in [-0.3, -0.25) is 0 Å². The van der Waals surface area contributed by atoms with E-state index >= 15 is 0 Å². The summed E-state index contributed by atoms with van der Waals surface area (Å²) in [5.74, 6) is 0.567. The van der Waals surface area contributed by atoms with E-state index in [4.69, 9.17) is 7.17 Å². The molecule has 0 aromatic rings. The van der Waals surface area contributed by atoms with Crippen molar-refractivity contribution in [1.29, 1.82) is 0 Å². The predicted octanol–water partition coefficient (Wildman–Crippen LogP) is 1.05. The summed E-state index contributed by atoms with van der Waals surface area (Å²) in [6.45, 7) is 0. The molecule has 0 bridgehead atoms. The Morgan fingerprint density at radius 1 is 1.62 bits per heavy atom. The van der Waals surface area contributed by atoms with Crippen molar-refractivity contribution in [1.82, 2.24) is 0 Å². The number of hydrogen-bond acceptors (Lipinski definition) is 0. The van der Waals surface area contributed by atoms with Crippen molar-refractivity contribution >= 4 is 5.78 Å². The highest BCUT2D eigenvalue weighted by Gasteiger charge is 2.09. The lowest BCUT2D eigenvalue weighted by molar-refractivity contribution is -0.417. The molecule has 1 rings (SSSR count). The Bertz CT molecular complexity index is 178. The Morgan fingerprint density at radius 2 is 2.38 bits per heavy atom. The molecule has 0 aromatic heterocycles. The van der Waals surface area contributed by atoms with Gasteiger partial charge >= 0.3 is 5.78 Å². The minimum Gasteiger partial charge on any atom is -0.233 e. The second-order valence-corrected chi connectivity index (χ2v) is 1.43. The van der Waals surface area contributed by atoms with E-state index in [1.165, 1.54) is 0 Å². The first-order valence-electron chi connectivity index (χ1n) is 3.51. The summed E-state index contributed by atoms with van der Waals surface area (Å²) in [7, 11) is -1.23. The van der Waals surface area contributed by atoms with Crippen LogP contribution in [0.1, 0.15) is 2.74 Å². The summed E-state index contributed by atoms with van der Waals surface area (Å²) >= 11 is 0. The zero-order valence-corrected chi connectivity index (χ0v) is 4.37. The highest BCUT2D eigenvalue weighted by atomic mass is 16.4. The molecule has 1 aliphatic carbocycles. The molecule has 0 unspecified atom stereocenters. The van der Waals surface area contributed by atoms with Gasteiger partial charge in [-0.2, -0.15) is 0 Å². The molecule has 0 N–H and O–H groups in total. The lowest BCUT2D eigenvalue weighted by atomic mass is 10.2. The standard InChI is InChI=1S/C7H8O/c1-8-7-5-3-2-4-6-7/h2-6H,1H3/q+2/i1D2. The van der Waals surface area contributed by atoms with Crippen LogP contribution in [0.3, 0.4) is 0 Å². The van der Waals surface area contributed by atoms with Crippen LogP contribution < -0.4 is 0 Å². The van der Waals surface area contributed by atoms with Crippen molar-refractivity contribution in [3.8, 4) is 0 Å². The normalized spacial score (nSPS) is 19.9. The van der Waals surface area contributed by atoms with Crippen LogP contribution >= 0.6 is 0 Å². The molecule has 0 fully saturated rings. The van der Waals surface area contributed by atoms with Crippen LogP contribution in [-0.4, -0.2) is 12.8 Å². The second kappa shape index (κ2) is 2.36. The zero-order chi connectivity index (χ0) is 7.40. The number of carbonyl (C=O) groups excluding carboxylic acids is 1. The van der Waals surface area contributed by atoms with E-state index in [9.17, 15) is 0 Å². The van der Waals surface area contributed by atoms with Crippen LogP contribution in [0, 0.1) is 6.42 Å². The Kier molecular flexibility index (Phi) is 0.922. The lowest BCUT2D eigenvalue weighted by Gasteiger charge is -1.75. The molecule has 1 nitrogen and oxygen atoms in total. The lowest BCUT2D eigenvalue weighted by Crippen LogP contribution is -1.93. The van der Waals surface area contributed by atoms with Gasteiger partial charge < -0.3 is 0 Å². The van der Waals surface area contributed by atoms with Crippen LogP contribution in [0.25, 0.3) is 0 Å². The quantitative estimate of drug-likeness (QED) is 0.326. The smallest absolute Gasteiger partial charge is 0.233 e. The largest absolute Gasteiger partial charge is 0.448 e. The molecule has 0 spiro atoms. The molecule has 0 aliphatic heterocycles. The van der Waals surface area contributed by atoms with Crippen LogP contribution in [0.5, 0.6) is 0 Å². The van der Waals surface area contributed by atoms with Crippen molar-refractivity contribution in [2.24, 2.45) is 0 Å². The Labute approximate surface area is 51.8 Å². The van der Waals surface area contributed by atoms with E-state index in [-0.39, 0.29) is 0 Å². The first-order valence-corrected chi connectivity index (χ1v) is 2.35. The molecule has 40 valence electrons. The van der Waals surface area contributed by atoms with Crippen molar-refractivity contribution in [3.63, 3.8) is 0 Å². The fourth-order valence-corrected chi connectivity index (χ4v) is 0.499. The summed E-state index contributed by atoms with van der Waals surface area (Å²) in [4.78, 5) is 0. The van der Waals surface area contributed by atoms with Crippen molar-refractivity contribution in [2.45, 2.75) is 0 Å². The summed E-state index contributed by atoms with van der Waals surface area (Å²) in [5.41, 5.74) is 0. The number of rotatable bonds is 0. The maximum absolute atomic E-state index is 6.76. The third-order valence-electron chi connectivity index (χ3n) is 0.879. The first-order chi connectivity index (χ1) is 4.79. The summed E-state index contributed by atoms with van der Waals surface area (Å²) < 4.78 is 18.3. The van der Waals surface area contributed by atoms with Gasteiger partial charge in [0.05, 0.1) is 12.2 Å². The Morgan fingerprint density at radius 3 is 3.00 bits per heavy atom. The van der Waals surface area contributed by atoms with Crippen molar-refractivity contribution in [2.75, 3.05) is 7.06 Å². The molecule has 0 radical (unpaired) electrons. The number of allylic oxidation sites excluding steroid dienone is 4. The summed E-state index contributed by atoms with van der Waals surface area (Å²) in [5, 5.41) is 0. The van der Waals surface area contributed by atoms with Crippen molar-refractivity contribution in [3.05, 3.63) is 30.7 Å². The maximum Gasteiger partial charge on any atom is 0.448 e. The highest BCUT2D eigenvalue weighted by Crippen LogP contribution is 1.93. The van der Waals surface area contributed by atoms with Gasteiger partial charge in [-0.05, 0) is 0 Å². The van der Waals surface area contributed by atoms with E-state index in [2.05, 4.69) is 0 Å². The molecular weight excluding hydrogens is 100 g/mol. The monoisotopic (exact) mass is 110 g/mol. The molecule has 0 aromatic carbocycles. The van der Waals surface area contributed by atoms with Crippen LogP contribution in [0.15, 0.2) is 24.3 Å². The van der Waals surface area contributed by atoms with Crippen LogP contribution in [-0.2, 0) is 4.42 Å². The van der Waals surface area contributed by atoms with E-state index in [0.717, 1.165) is 0 Å². The Hall–Kier alpha value is -0.980. The molecule has 0 saturated carbocycles. The zero-order valence-electron chi connectivity index (χ0n) is 6.37. The SMILES string of the molecule is [2H]C([2H])[O+]=C1C=C[CH+]C=C1. The molecular formula is C7H8O+2. The van der Waals surface area contributed by atoms with E-state index in [1.54, 1.807) is 24.3 Å². The molecule has 0 atom stereocenters. The highest BCUT2D eigenvalue weighted by molar-refractivity contribution is 6.00. The predicted molar refractivity (Wildman–Crippen MR) is 33.5 cm³/mol. The molecule has 8 heavy (non-hydrogen) atoms. The van der Waals surface area contributed by atoms with Gasteiger partial charge in [0.1, 0.15) is 14.9 Å². The maximum atomic E-state index is 6.76. The van der Waals surface area contributed by atoms with E-state index in [0.29, 0.717) is 5.78 Å². The van der Waals surface area contributed by atoms with Crippen LogP contribution in [0.2, 0.25) is 0 Å².